The number of hydrogen-bond donors (Lipinski definition) is 0. The van der Waals surface area contributed by atoms with E-state index >= 15 is 0 Å². The number of aryl methyl sites for hydroxylation is 2. The van der Waals surface area contributed by atoms with Crippen LogP contribution in [0.15, 0.2) is 24.4 Å². The number of benzene rings is 1. The minimum atomic E-state index is -0.292. The van der Waals surface area contributed by atoms with E-state index in [1.165, 1.54) is 12.7 Å². The van der Waals surface area contributed by atoms with Crippen molar-refractivity contribution in [2.75, 3.05) is 7.11 Å². The molecule has 0 radical (unpaired) electrons. The number of methoxy groups -OCH3 is 1. The zero-order valence-electron chi connectivity index (χ0n) is 11.1. The maximum atomic E-state index is 11.3. The first-order valence-electron chi connectivity index (χ1n) is 5.77. The summed E-state index contributed by atoms with van der Waals surface area (Å²) in [5, 5.41) is 1.10. The molecule has 0 aliphatic heterocycles. The maximum Gasteiger partial charge on any atom is 0.337 e. The molecule has 3 nitrogen and oxygen atoms in total. The Kier molecular flexibility index (Phi) is 4.32. The number of rotatable bonds is 1. The van der Waals surface area contributed by atoms with Crippen LogP contribution >= 0.6 is 0 Å². The Hall–Kier alpha value is -1.77. The molecule has 1 aromatic heterocycles. The highest BCUT2D eigenvalue weighted by atomic mass is 16.5. The summed E-state index contributed by atoms with van der Waals surface area (Å²) in [5.41, 5.74) is 2.89. The number of aromatic nitrogens is 1. The van der Waals surface area contributed by atoms with Gasteiger partial charge in [-0.05, 0) is 30.7 Å². The van der Waals surface area contributed by atoms with Crippen LogP contribution in [0.3, 0.4) is 0 Å². The highest BCUT2D eigenvalue weighted by molar-refractivity contribution is 5.95. The van der Waals surface area contributed by atoms with E-state index in [4.69, 9.17) is 0 Å². The third-order valence-corrected chi connectivity index (χ3v) is 2.61. The molecule has 0 spiro atoms. The fourth-order valence-electron chi connectivity index (χ4n) is 1.83. The quantitative estimate of drug-likeness (QED) is 0.708. The first-order valence-corrected chi connectivity index (χ1v) is 5.77. The smallest absolute Gasteiger partial charge is 0.337 e. The van der Waals surface area contributed by atoms with Crippen LogP contribution < -0.4 is 0 Å². The lowest BCUT2D eigenvalue weighted by Crippen LogP contribution is -2.00. The summed E-state index contributed by atoms with van der Waals surface area (Å²) in [6.07, 6.45) is 2.05. The van der Waals surface area contributed by atoms with E-state index in [-0.39, 0.29) is 5.97 Å². The van der Waals surface area contributed by atoms with E-state index in [9.17, 15) is 4.79 Å². The molecule has 2 rings (SSSR count). The largest absolute Gasteiger partial charge is 0.465 e. The molecule has 3 heteroatoms. The third kappa shape index (κ3) is 2.49. The van der Waals surface area contributed by atoms with Gasteiger partial charge in [0.15, 0.2) is 0 Å². The Morgan fingerprint density at radius 2 is 1.94 bits per heavy atom. The number of carbonyl (C=O) groups is 1. The van der Waals surface area contributed by atoms with Crippen LogP contribution in [-0.2, 0) is 11.8 Å². The van der Waals surface area contributed by atoms with E-state index in [2.05, 4.69) is 4.74 Å². The Bertz CT molecular complexity index is 526. The molecule has 0 atom stereocenters. The standard InChI is InChI=1S/C12H13NO2.C2H6/c1-8-7-13(2)11-5-4-9(6-10(8)11)12(14)15-3;1-2/h4-7H,1-3H3;1-2H3. The lowest BCUT2D eigenvalue weighted by molar-refractivity contribution is 0.0601. The molecular weight excluding hydrogens is 214 g/mol. The number of esters is 1. The van der Waals surface area contributed by atoms with Crippen LogP contribution in [-0.4, -0.2) is 17.6 Å². The summed E-state index contributed by atoms with van der Waals surface area (Å²) in [7, 11) is 3.39. The van der Waals surface area contributed by atoms with E-state index < -0.39 is 0 Å². The first kappa shape index (κ1) is 13.3. The topological polar surface area (TPSA) is 31.2 Å². The molecule has 0 saturated heterocycles. The molecule has 0 saturated carbocycles. The molecule has 1 aromatic carbocycles. The van der Waals surface area contributed by atoms with Crippen molar-refractivity contribution in [2.45, 2.75) is 20.8 Å². The SMILES string of the molecule is CC.COC(=O)c1ccc2c(c1)c(C)cn2C. The molecule has 92 valence electrons. The molecule has 0 bridgehead atoms. The molecule has 0 aliphatic carbocycles. The van der Waals surface area contributed by atoms with Crippen LogP contribution in [0.25, 0.3) is 10.9 Å². The minimum Gasteiger partial charge on any atom is -0.465 e. The van der Waals surface area contributed by atoms with Gasteiger partial charge in [-0.2, -0.15) is 0 Å². The minimum absolute atomic E-state index is 0.292. The van der Waals surface area contributed by atoms with Gasteiger partial charge < -0.3 is 9.30 Å². The van der Waals surface area contributed by atoms with Gasteiger partial charge in [0.05, 0.1) is 12.7 Å². The highest BCUT2D eigenvalue weighted by Crippen LogP contribution is 2.21. The summed E-state index contributed by atoms with van der Waals surface area (Å²) in [5.74, 6) is -0.292. The van der Waals surface area contributed by atoms with Gasteiger partial charge in [-0.3, -0.25) is 0 Å². The average molecular weight is 233 g/mol. The normalized spacial score (nSPS) is 9.71. The highest BCUT2D eigenvalue weighted by Gasteiger charge is 2.08. The fourth-order valence-corrected chi connectivity index (χ4v) is 1.83. The number of fused-ring (bicyclic) bond motifs is 1. The summed E-state index contributed by atoms with van der Waals surface area (Å²) in [4.78, 5) is 11.3. The number of hydrogen-bond acceptors (Lipinski definition) is 2. The monoisotopic (exact) mass is 233 g/mol. The van der Waals surface area contributed by atoms with Gasteiger partial charge in [0.2, 0.25) is 0 Å². The van der Waals surface area contributed by atoms with Crippen molar-refractivity contribution in [3.05, 3.63) is 35.5 Å². The molecule has 0 unspecified atom stereocenters. The van der Waals surface area contributed by atoms with Crippen LogP contribution in [0.5, 0.6) is 0 Å². The van der Waals surface area contributed by atoms with Gasteiger partial charge in [-0.1, -0.05) is 13.8 Å². The van der Waals surface area contributed by atoms with Gasteiger partial charge in [-0.25, -0.2) is 4.79 Å². The molecule has 2 aromatic rings. The van der Waals surface area contributed by atoms with Crippen LogP contribution in [0.2, 0.25) is 0 Å². The van der Waals surface area contributed by atoms with Crippen molar-refractivity contribution in [3.63, 3.8) is 0 Å². The van der Waals surface area contributed by atoms with Crippen molar-refractivity contribution in [1.82, 2.24) is 4.57 Å². The van der Waals surface area contributed by atoms with Gasteiger partial charge >= 0.3 is 5.97 Å². The Balaban J connectivity index is 0.000000686. The van der Waals surface area contributed by atoms with Crippen molar-refractivity contribution in [3.8, 4) is 0 Å². The molecule has 0 fully saturated rings. The summed E-state index contributed by atoms with van der Waals surface area (Å²) < 4.78 is 6.73. The Morgan fingerprint density at radius 3 is 2.53 bits per heavy atom. The predicted octanol–water partition coefficient (Wildman–Crippen LogP) is 3.30. The molecule has 17 heavy (non-hydrogen) atoms. The van der Waals surface area contributed by atoms with Crippen LogP contribution in [0.1, 0.15) is 29.8 Å². The maximum absolute atomic E-state index is 11.3. The lowest BCUT2D eigenvalue weighted by Gasteiger charge is -2.00. The zero-order valence-corrected chi connectivity index (χ0v) is 11.1. The summed E-state index contributed by atoms with van der Waals surface area (Å²) in [6.45, 7) is 6.03. The lowest BCUT2D eigenvalue weighted by atomic mass is 10.1. The van der Waals surface area contributed by atoms with Crippen molar-refractivity contribution < 1.29 is 9.53 Å². The van der Waals surface area contributed by atoms with Crippen LogP contribution in [0.4, 0.5) is 0 Å². The summed E-state index contributed by atoms with van der Waals surface area (Å²) in [6, 6.07) is 5.60. The number of carbonyl (C=O) groups excluding carboxylic acids is 1. The first-order chi connectivity index (χ1) is 8.13. The van der Waals surface area contributed by atoms with Crippen molar-refractivity contribution in [1.29, 1.82) is 0 Å². The fraction of sp³-hybridized carbons (Fsp3) is 0.357. The summed E-state index contributed by atoms with van der Waals surface area (Å²) >= 11 is 0. The Labute approximate surface area is 102 Å². The number of nitrogens with zero attached hydrogens (tertiary/aromatic N) is 1. The van der Waals surface area contributed by atoms with E-state index in [0.717, 1.165) is 10.9 Å². The Morgan fingerprint density at radius 1 is 1.29 bits per heavy atom. The molecule has 0 aliphatic rings. The second-order valence-electron chi connectivity index (χ2n) is 3.65. The van der Waals surface area contributed by atoms with Gasteiger partial charge in [0.1, 0.15) is 0 Å². The third-order valence-electron chi connectivity index (χ3n) is 2.61. The second kappa shape index (κ2) is 5.53. The molecule has 0 amide bonds. The predicted molar refractivity (Wildman–Crippen MR) is 70.3 cm³/mol. The van der Waals surface area contributed by atoms with Crippen molar-refractivity contribution in [2.24, 2.45) is 7.05 Å². The number of ether oxygens (including phenoxy) is 1. The second-order valence-corrected chi connectivity index (χ2v) is 3.65. The van der Waals surface area contributed by atoms with Gasteiger partial charge in [0.25, 0.3) is 0 Å². The molecular formula is C14H19NO2. The van der Waals surface area contributed by atoms with Crippen LogP contribution in [0, 0.1) is 6.92 Å². The molecule has 1 heterocycles. The zero-order chi connectivity index (χ0) is 13.0. The van der Waals surface area contributed by atoms with Gasteiger partial charge in [0, 0.05) is 24.1 Å². The molecule has 0 N–H and O–H groups in total. The average Bonchev–Trinajstić information content (AvgIpc) is 2.66. The van der Waals surface area contributed by atoms with E-state index in [0.29, 0.717) is 5.56 Å². The van der Waals surface area contributed by atoms with E-state index in [1.54, 1.807) is 6.07 Å². The van der Waals surface area contributed by atoms with Gasteiger partial charge in [-0.15, -0.1) is 0 Å². The van der Waals surface area contributed by atoms with E-state index in [1.807, 2.05) is 50.7 Å². The van der Waals surface area contributed by atoms with Crippen molar-refractivity contribution >= 4 is 16.9 Å².